The fraction of sp³-hybridized carbons (Fsp3) is 0.500. The Balaban J connectivity index is 3.67. The van der Waals surface area contributed by atoms with Crippen LogP contribution in [-0.2, 0) is 19.3 Å². The standard InChI is InChI=1S/C2H4O6S/c1-9(5,6)8-7-2(3)4/h1H3,(H,3,4). The highest BCUT2D eigenvalue weighted by Crippen LogP contribution is 1.87. The van der Waals surface area contributed by atoms with Crippen molar-refractivity contribution in [3.8, 4) is 0 Å². The molecule has 0 aromatic carbocycles. The molecule has 0 heterocycles. The molecule has 0 aliphatic rings. The lowest BCUT2D eigenvalue weighted by atomic mass is 11.5. The van der Waals surface area contributed by atoms with Gasteiger partial charge in [-0.1, -0.05) is 0 Å². The smallest absolute Gasteiger partial charge is 0.448 e. The molecule has 54 valence electrons. The van der Waals surface area contributed by atoms with E-state index in [4.69, 9.17) is 5.11 Å². The lowest BCUT2D eigenvalue weighted by molar-refractivity contribution is -0.154. The highest BCUT2D eigenvalue weighted by atomic mass is 32.2. The fourth-order valence-electron chi connectivity index (χ4n) is 0.0909. The molecule has 0 saturated carbocycles. The minimum absolute atomic E-state index is 0.663. The molecule has 0 radical (unpaired) electrons. The van der Waals surface area contributed by atoms with Crippen molar-refractivity contribution in [3.63, 3.8) is 0 Å². The second kappa shape index (κ2) is 2.65. The lowest BCUT2D eigenvalue weighted by Gasteiger charge is -1.92. The molecule has 0 amide bonds. The Morgan fingerprint density at radius 3 is 2.11 bits per heavy atom. The maximum absolute atomic E-state index is 9.93. The molecule has 0 saturated heterocycles. The van der Waals surface area contributed by atoms with E-state index >= 15 is 0 Å². The highest BCUT2D eigenvalue weighted by molar-refractivity contribution is 7.85. The van der Waals surface area contributed by atoms with Gasteiger partial charge in [0.25, 0.3) is 10.1 Å². The van der Waals surface area contributed by atoms with E-state index in [0.29, 0.717) is 6.26 Å². The Labute approximate surface area is 51.1 Å². The molecule has 0 atom stereocenters. The fourth-order valence-corrected chi connectivity index (χ4v) is 0.273. The Morgan fingerprint density at radius 1 is 1.56 bits per heavy atom. The van der Waals surface area contributed by atoms with E-state index in [1.807, 2.05) is 0 Å². The maximum Gasteiger partial charge on any atom is 0.538 e. The number of rotatable bonds is 2. The third kappa shape index (κ3) is 7.18. The molecular formula is C2H4O6S. The molecule has 0 spiro atoms. The van der Waals surface area contributed by atoms with Gasteiger partial charge >= 0.3 is 6.16 Å². The predicted molar refractivity (Wildman–Crippen MR) is 25.0 cm³/mol. The summed E-state index contributed by atoms with van der Waals surface area (Å²) in [4.78, 5) is 12.7. The van der Waals surface area contributed by atoms with Crippen molar-refractivity contribution in [2.45, 2.75) is 0 Å². The summed E-state index contributed by atoms with van der Waals surface area (Å²) in [5.74, 6) is 0. The molecule has 0 bridgehead atoms. The normalized spacial score (nSPS) is 10.8. The van der Waals surface area contributed by atoms with Crippen LogP contribution in [-0.4, -0.2) is 25.9 Å². The summed E-state index contributed by atoms with van der Waals surface area (Å²) in [7, 11) is -3.82. The van der Waals surface area contributed by atoms with Gasteiger partial charge in [0.15, 0.2) is 0 Å². The quantitative estimate of drug-likeness (QED) is 0.431. The van der Waals surface area contributed by atoms with Crippen LogP contribution in [0.2, 0.25) is 0 Å². The van der Waals surface area contributed by atoms with Crippen LogP contribution in [0.25, 0.3) is 0 Å². The maximum atomic E-state index is 9.93. The van der Waals surface area contributed by atoms with Crippen LogP contribution < -0.4 is 0 Å². The molecule has 0 aromatic rings. The van der Waals surface area contributed by atoms with Crippen LogP contribution in [0.1, 0.15) is 0 Å². The van der Waals surface area contributed by atoms with Crippen molar-refractivity contribution in [3.05, 3.63) is 0 Å². The van der Waals surface area contributed by atoms with Crippen molar-refractivity contribution in [2.24, 2.45) is 0 Å². The summed E-state index contributed by atoms with van der Waals surface area (Å²) in [5, 5.41) is 7.67. The molecule has 0 aliphatic heterocycles. The Morgan fingerprint density at radius 2 is 2.00 bits per heavy atom. The number of carboxylic acid groups (broad SMARTS) is 1. The summed E-state index contributed by atoms with van der Waals surface area (Å²) in [6.45, 7) is 0. The zero-order chi connectivity index (χ0) is 7.49. The van der Waals surface area contributed by atoms with Crippen LogP contribution in [0.15, 0.2) is 0 Å². The summed E-state index contributed by atoms with van der Waals surface area (Å²) >= 11 is 0. The minimum Gasteiger partial charge on any atom is -0.448 e. The van der Waals surface area contributed by atoms with Crippen LogP contribution in [0.5, 0.6) is 0 Å². The summed E-state index contributed by atoms with van der Waals surface area (Å²) in [6.07, 6.45) is -1.14. The summed E-state index contributed by atoms with van der Waals surface area (Å²) < 4.78 is 23.2. The van der Waals surface area contributed by atoms with E-state index in [-0.39, 0.29) is 0 Å². The first-order chi connectivity index (χ1) is 3.92. The Hall–Kier alpha value is -0.820. The van der Waals surface area contributed by atoms with Gasteiger partial charge in [-0.2, -0.15) is 8.42 Å². The van der Waals surface area contributed by atoms with Gasteiger partial charge in [0.1, 0.15) is 0 Å². The monoisotopic (exact) mass is 156 g/mol. The Kier molecular flexibility index (Phi) is 2.41. The van der Waals surface area contributed by atoms with Gasteiger partial charge in [-0.3, -0.25) is 0 Å². The van der Waals surface area contributed by atoms with Gasteiger partial charge in [-0.05, 0) is 4.33 Å². The van der Waals surface area contributed by atoms with Gasteiger partial charge < -0.3 is 5.11 Å². The van der Waals surface area contributed by atoms with Crippen molar-refractivity contribution in [2.75, 3.05) is 6.26 Å². The molecule has 0 aliphatic carbocycles. The molecule has 9 heavy (non-hydrogen) atoms. The van der Waals surface area contributed by atoms with Crippen LogP contribution in [0.4, 0.5) is 4.79 Å². The first-order valence-corrected chi connectivity index (χ1v) is 3.52. The van der Waals surface area contributed by atoms with E-state index in [9.17, 15) is 13.2 Å². The van der Waals surface area contributed by atoms with Crippen molar-refractivity contribution < 1.29 is 27.5 Å². The zero-order valence-corrected chi connectivity index (χ0v) is 5.21. The lowest BCUT2D eigenvalue weighted by Crippen LogP contribution is -2.07. The average molecular weight is 156 g/mol. The third-order valence-electron chi connectivity index (χ3n) is 0.229. The molecule has 1 N–H and O–H groups in total. The van der Waals surface area contributed by atoms with Crippen molar-refractivity contribution in [1.82, 2.24) is 0 Å². The summed E-state index contributed by atoms with van der Waals surface area (Å²) in [5.41, 5.74) is 0. The van der Waals surface area contributed by atoms with Gasteiger partial charge in [0, 0.05) is 0 Å². The first-order valence-electron chi connectivity index (χ1n) is 1.71. The molecule has 0 aromatic heterocycles. The van der Waals surface area contributed by atoms with Crippen LogP contribution in [0, 0.1) is 0 Å². The average Bonchev–Trinajstić information content (AvgIpc) is 1.59. The number of hydrogen-bond acceptors (Lipinski definition) is 5. The van der Waals surface area contributed by atoms with Crippen LogP contribution >= 0.6 is 0 Å². The van der Waals surface area contributed by atoms with Crippen molar-refractivity contribution >= 4 is 16.3 Å². The second-order valence-electron chi connectivity index (χ2n) is 1.12. The molecule has 0 fully saturated rings. The first kappa shape index (κ1) is 8.18. The highest BCUT2D eigenvalue weighted by Gasteiger charge is 2.06. The van der Waals surface area contributed by atoms with Crippen molar-refractivity contribution in [1.29, 1.82) is 0 Å². The minimum atomic E-state index is -3.82. The van der Waals surface area contributed by atoms with E-state index < -0.39 is 16.3 Å². The Bertz CT molecular complexity index is 189. The van der Waals surface area contributed by atoms with Crippen LogP contribution in [0.3, 0.4) is 0 Å². The van der Waals surface area contributed by atoms with E-state index in [1.165, 1.54) is 0 Å². The zero-order valence-electron chi connectivity index (χ0n) is 4.40. The molecular weight excluding hydrogens is 152 g/mol. The van der Waals surface area contributed by atoms with Gasteiger partial charge in [-0.15, -0.1) is 0 Å². The predicted octanol–water partition coefficient (Wildman–Crippen LogP) is -0.428. The van der Waals surface area contributed by atoms with E-state index in [2.05, 4.69) is 9.22 Å². The van der Waals surface area contributed by atoms with Gasteiger partial charge in [0.05, 0.1) is 6.26 Å². The van der Waals surface area contributed by atoms with Gasteiger partial charge in [0.2, 0.25) is 0 Å². The third-order valence-corrected chi connectivity index (χ3v) is 0.544. The molecule has 0 rings (SSSR count). The number of hydrogen-bond donors (Lipinski definition) is 1. The van der Waals surface area contributed by atoms with E-state index in [0.717, 1.165) is 0 Å². The largest absolute Gasteiger partial charge is 0.538 e. The topological polar surface area (TPSA) is 89.9 Å². The van der Waals surface area contributed by atoms with Gasteiger partial charge in [-0.25, -0.2) is 9.68 Å². The van der Waals surface area contributed by atoms with E-state index in [1.54, 1.807) is 0 Å². The molecule has 7 heteroatoms. The second-order valence-corrected chi connectivity index (χ2v) is 2.67. The number of carbonyl (C=O) groups is 1. The SMILES string of the molecule is CS(=O)(=O)OOC(=O)O. The summed E-state index contributed by atoms with van der Waals surface area (Å²) in [6, 6.07) is 0. The molecule has 6 nitrogen and oxygen atoms in total. The molecule has 0 unspecified atom stereocenters.